The highest BCUT2D eigenvalue weighted by atomic mass is 35.5. The third kappa shape index (κ3) is 13.8. The quantitative estimate of drug-likeness (QED) is 0.0942. The van der Waals surface area contributed by atoms with E-state index in [4.69, 9.17) is 11.6 Å². The summed E-state index contributed by atoms with van der Waals surface area (Å²) in [5, 5.41) is 10.6. The standard InChI is InChI=1S/C33H53ClNO/c1-2-3-4-5-6-7-8-9-10-11-12-13-14-21-26-35(30-33(36)27-34,28-31-22-17-15-18-23-31)29-32-24-19-16-20-25-32/h15-20,22-25,33,36H,2-14,21,26-30H2,1H3/q+1. The summed E-state index contributed by atoms with van der Waals surface area (Å²) < 4.78 is 0.861. The Hall–Kier alpha value is -1.35. The fourth-order valence-corrected chi connectivity index (χ4v) is 5.61. The van der Waals surface area contributed by atoms with Crippen LogP contribution in [-0.2, 0) is 13.1 Å². The number of hydrogen-bond acceptors (Lipinski definition) is 1. The van der Waals surface area contributed by atoms with Gasteiger partial charge >= 0.3 is 0 Å². The molecule has 0 bridgehead atoms. The Morgan fingerprint density at radius 2 is 1.00 bits per heavy atom. The van der Waals surface area contributed by atoms with Gasteiger partial charge in [0.2, 0.25) is 0 Å². The molecule has 1 unspecified atom stereocenters. The van der Waals surface area contributed by atoms with Crippen molar-refractivity contribution in [1.82, 2.24) is 0 Å². The maximum atomic E-state index is 10.6. The molecule has 0 aliphatic carbocycles. The van der Waals surface area contributed by atoms with Crippen LogP contribution in [0.25, 0.3) is 0 Å². The Bertz CT molecular complexity index is 709. The largest absolute Gasteiger partial charge is 0.386 e. The zero-order valence-corrected chi connectivity index (χ0v) is 23.8. The van der Waals surface area contributed by atoms with Crippen LogP contribution in [0.3, 0.4) is 0 Å². The number of hydrogen-bond donors (Lipinski definition) is 1. The van der Waals surface area contributed by atoms with Crippen LogP contribution in [0.15, 0.2) is 60.7 Å². The van der Waals surface area contributed by atoms with Crippen LogP contribution in [0.1, 0.15) is 108 Å². The molecule has 36 heavy (non-hydrogen) atoms. The molecule has 1 N–H and O–H groups in total. The highest BCUT2D eigenvalue weighted by Gasteiger charge is 2.30. The zero-order valence-electron chi connectivity index (χ0n) is 23.1. The minimum atomic E-state index is -0.481. The molecule has 0 saturated heterocycles. The van der Waals surface area contributed by atoms with Gasteiger partial charge in [-0.2, -0.15) is 0 Å². The first kappa shape index (κ1) is 30.9. The fraction of sp³-hybridized carbons (Fsp3) is 0.636. The lowest BCUT2D eigenvalue weighted by Crippen LogP contribution is -2.52. The van der Waals surface area contributed by atoms with Crippen molar-refractivity contribution in [2.75, 3.05) is 19.0 Å². The number of rotatable bonds is 22. The molecule has 2 nitrogen and oxygen atoms in total. The van der Waals surface area contributed by atoms with E-state index < -0.39 is 6.10 Å². The van der Waals surface area contributed by atoms with Gasteiger partial charge in [-0.25, -0.2) is 0 Å². The average molecular weight is 515 g/mol. The second-order valence-electron chi connectivity index (χ2n) is 10.9. The van der Waals surface area contributed by atoms with Crippen molar-refractivity contribution in [2.45, 2.75) is 116 Å². The molecule has 0 saturated carbocycles. The van der Waals surface area contributed by atoms with Crippen molar-refractivity contribution in [1.29, 1.82) is 0 Å². The molecule has 0 amide bonds. The van der Waals surface area contributed by atoms with Crippen molar-refractivity contribution < 1.29 is 9.59 Å². The Balaban J connectivity index is 1.78. The normalized spacial score (nSPS) is 12.6. The predicted octanol–water partition coefficient (Wildman–Crippen LogP) is 9.28. The summed E-state index contributed by atoms with van der Waals surface area (Å²) in [5.74, 6) is 0.294. The van der Waals surface area contributed by atoms with Gasteiger partial charge in [-0.15, -0.1) is 11.6 Å². The molecule has 0 fully saturated rings. The number of aliphatic hydroxyl groups is 1. The molecule has 0 aromatic heterocycles. The van der Waals surface area contributed by atoms with Crippen molar-refractivity contribution >= 4 is 11.6 Å². The second kappa shape index (κ2) is 19.7. The van der Waals surface area contributed by atoms with Gasteiger partial charge in [0, 0.05) is 11.1 Å². The molecule has 2 rings (SSSR count). The Labute approximate surface area is 227 Å². The Morgan fingerprint density at radius 1 is 0.611 bits per heavy atom. The first-order valence-electron chi connectivity index (χ1n) is 14.8. The van der Waals surface area contributed by atoms with Crippen molar-refractivity contribution in [2.24, 2.45) is 0 Å². The number of alkyl halides is 1. The molecule has 0 aliphatic rings. The molecule has 202 valence electrons. The minimum Gasteiger partial charge on any atom is -0.386 e. The summed E-state index contributed by atoms with van der Waals surface area (Å²) in [4.78, 5) is 0. The SMILES string of the molecule is CCCCCCCCCCCCCCCC[N+](Cc1ccccc1)(Cc1ccccc1)CC(O)CCl. The predicted molar refractivity (Wildman–Crippen MR) is 157 cm³/mol. The third-order valence-electron chi connectivity index (χ3n) is 7.48. The monoisotopic (exact) mass is 514 g/mol. The van der Waals surface area contributed by atoms with E-state index in [1.54, 1.807) is 0 Å². The lowest BCUT2D eigenvalue weighted by molar-refractivity contribution is -0.956. The van der Waals surface area contributed by atoms with Gasteiger partial charge in [-0.05, 0) is 12.8 Å². The lowest BCUT2D eigenvalue weighted by Gasteiger charge is -2.40. The van der Waals surface area contributed by atoms with Gasteiger partial charge in [-0.1, -0.05) is 145 Å². The molecule has 0 aliphatic heterocycles. The Kier molecular flexibility index (Phi) is 16.9. The molecule has 1 atom stereocenters. The summed E-state index contributed by atoms with van der Waals surface area (Å²) in [6.45, 7) is 5.93. The smallest absolute Gasteiger partial charge is 0.116 e. The molecule has 3 heteroatoms. The molecule has 0 spiro atoms. The first-order chi connectivity index (χ1) is 17.7. The van der Waals surface area contributed by atoms with Crippen LogP contribution in [0, 0.1) is 0 Å². The molecule has 2 aromatic rings. The van der Waals surface area contributed by atoms with Crippen LogP contribution < -0.4 is 0 Å². The van der Waals surface area contributed by atoms with E-state index in [2.05, 4.69) is 67.6 Å². The van der Waals surface area contributed by atoms with E-state index in [1.807, 2.05) is 0 Å². The van der Waals surface area contributed by atoms with Gasteiger partial charge in [0.15, 0.2) is 0 Å². The van der Waals surface area contributed by atoms with E-state index >= 15 is 0 Å². The molecule has 0 heterocycles. The zero-order chi connectivity index (χ0) is 25.7. The number of aliphatic hydroxyl groups excluding tert-OH is 1. The molecule has 0 radical (unpaired) electrons. The number of halogens is 1. The van der Waals surface area contributed by atoms with E-state index in [1.165, 1.54) is 101 Å². The maximum Gasteiger partial charge on any atom is 0.116 e. The average Bonchev–Trinajstić information content (AvgIpc) is 2.90. The van der Waals surface area contributed by atoms with Crippen LogP contribution >= 0.6 is 11.6 Å². The number of nitrogens with zero attached hydrogens (tertiary/aromatic N) is 1. The van der Waals surface area contributed by atoms with Crippen molar-refractivity contribution in [3.05, 3.63) is 71.8 Å². The van der Waals surface area contributed by atoms with Gasteiger partial charge in [0.25, 0.3) is 0 Å². The summed E-state index contributed by atoms with van der Waals surface area (Å²) in [6.07, 6.45) is 18.8. The summed E-state index contributed by atoms with van der Waals surface area (Å²) >= 11 is 6.10. The molecular formula is C33H53ClNO+. The highest BCUT2D eigenvalue weighted by molar-refractivity contribution is 6.18. The van der Waals surface area contributed by atoms with Crippen LogP contribution in [0.4, 0.5) is 0 Å². The fourth-order valence-electron chi connectivity index (χ4n) is 5.51. The van der Waals surface area contributed by atoms with Gasteiger partial charge in [0.1, 0.15) is 25.7 Å². The van der Waals surface area contributed by atoms with Crippen molar-refractivity contribution in [3.63, 3.8) is 0 Å². The van der Waals surface area contributed by atoms with E-state index in [-0.39, 0.29) is 0 Å². The lowest BCUT2D eigenvalue weighted by atomic mass is 10.0. The minimum absolute atomic E-state index is 0.294. The third-order valence-corrected chi connectivity index (χ3v) is 7.84. The van der Waals surface area contributed by atoms with Gasteiger partial charge in [0.05, 0.1) is 12.4 Å². The van der Waals surface area contributed by atoms with Gasteiger partial charge in [-0.3, -0.25) is 0 Å². The summed E-state index contributed by atoms with van der Waals surface area (Å²) in [7, 11) is 0. The number of benzene rings is 2. The number of quaternary nitrogens is 1. The highest BCUT2D eigenvalue weighted by Crippen LogP contribution is 2.23. The van der Waals surface area contributed by atoms with Crippen LogP contribution in [0.5, 0.6) is 0 Å². The van der Waals surface area contributed by atoms with E-state index in [0.717, 1.165) is 24.1 Å². The molecular weight excluding hydrogens is 462 g/mol. The van der Waals surface area contributed by atoms with Crippen LogP contribution in [0.2, 0.25) is 0 Å². The van der Waals surface area contributed by atoms with E-state index in [9.17, 15) is 5.11 Å². The molecule has 2 aromatic carbocycles. The van der Waals surface area contributed by atoms with E-state index in [0.29, 0.717) is 12.4 Å². The Morgan fingerprint density at radius 3 is 1.39 bits per heavy atom. The second-order valence-corrected chi connectivity index (χ2v) is 11.2. The topological polar surface area (TPSA) is 20.2 Å². The number of unbranched alkanes of at least 4 members (excludes halogenated alkanes) is 13. The maximum absolute atomic E-state index is 10.6. The van der Waals surface area contributed by atoms with Gasteiger partial charge < -0.3 is 9.59 Å². The first-order valence-corrected chi connectivity index (χ1v) is 15.4. The van der Waals surface area contributed by atoms with Crippen LogP contribution in [-0.4, -0.2) is 34.7 Å². The summed E-state index contributed by atoms with van der Waals surface area (Å²) in [6, 6.07) is 21.5. The summed E-state index contributed by atoms with van der Waals surface area (Å²) in [5.41, 5.74) is 2.67. The van der Waals surface area contributed by atoms with Crippen molar-refractivity contribution in [3.8, 4) is 0 Å².